The van der Waals surface area contributed by atoms with Crippen molar-refractivity contribution in [3.8, 4) is 0 Å². The van der Waals surface area contributed by atoms with Crippen molar-refractivity contribution in [2.24, 2.45) is 0 Å². The van der Waals surface area contributed by atoms with Crippen LogP contribution in [0.5, 0.6) is 0 Å². The third kappa shape index (κ3) is 15.2. The topological polar surface area (TPSA) is 66.8 Å². The third-order valence-corrected chi connectivity index (χ3v) is 10.3. The second kappa shape index (κ2) is 14.2. The average molecular weight is 344 g/mol. The van der Waals surface area contributed by atoms with Gasteiger partial charge in [-0.05, 0) is 6.42 Å². The molecule has 0 aromatic heterocycles. The predicted molar refractivity (Wildman–Crippen MR) is 97.2 cm³/mol. The van der Waals surface area contributed by atoms with Gasteiger partial charge in [0.15, 0.2) is 0 Å². The fourth-order valence-corrected chi connectivity index (χ4v) is 9.24. The van der Waals surface area contributed by atoms with Gasteiger partial charge in [0, 0.05) is 0 Å². The van der Waals surface area contributed by atoms with Crippen LogP contribution in [0, 0.1) is 0 Å². The monoisotopic (exact) mass is 344 g/mol. The van der Waals surface area contributed by atoms with Crippen LogP contribution in [-0.4, -0.2) is 41.0 Å². The van der Waals surface area contributed by atoms with Gasteiger partial charge < -0.3 is 9.79 Å². The maximum absolute atomic E-state index is 9.86. The van der Waals surface area contributed by atoms with Gasteiger partial charge in [-0.15, -0.1) is 0 Å². The molecule has 132 valence electrons. The second-order valence-corrected chi connectivity index (χ2v) is 12.1. The summed E-state index contributed by atoms with van der Waals surface area (Å²) < 4.78 is 13.9. The first-order valence-electron chi connectivity index (χ1n) is 8.50. The van der Waals surface area contributed by atoms with Gasteiger partial charge in [-0.3, -0.25) is 4.52 Å². The van der Waals surface area contributed by atoms with Gasteiger partial charge in [-0.1, -0.05) is 6.92 Å². The van der Waals surface area contributed by atoms with Crippen molar-refractivity contribution in [1.29, 1.82) is 0 Å². The number of rotatable bonds is 11. The van der Waals surface area contributed by atoms with Crippen molar-refractivity contribution < 1.29 is 18.9 Å². The van der Waals surface area contributed by atoms with E-state index in [2.05, 4.69) is 32.2 Å². The van der Waals surface area contributed by atoms with E-state index in [1.807, 2.05) is 0 Å². The van der Waals surface area contributed by atoms with Gasteiger partial charge in [0.05, 0.1) is 6.61 Å². The number of phosphoric ester groups is 1. The molecule has 0 aliphatic carbocycles. The van der Waals surface area contributed by atoms with Gasteiger partial charge >= 0.3 is 93.1 Å². The van der Waals surface area contributed by atoms with Crippen LogP contribution < -0.4 is 0 Å². The molecule has 0 saturated heterocycles. The van der Waals surface area contributed by atoms with Gasteiger partial charge in [-0.2, -0.15) is 0 Å². The molecule has 0 atom stereocenters. The van der Waals surface area contributed by atoms with Crippen LogP contribution in [-0.2, 0) is 9.09 Å². The summed E-state index contributed by atoms with van der Waals surface area (Å²) in [6.07, 6.45) is 12.7. The van der Waals surface area contributed by atoms with Crippen molar-refractivity contribution in [2.45, 2.75) is 66.7 Å². The second-order valence-electron chi connectivity index (χ2n) is 5.82. The zero-order chi connectivity index (χ0) is 16.8. The van der Waals surface area contributed by atoms with Crippen LogP contribution in [0.4, 0.5) is 0 Å². The van der Waals surface area contributed by atoms with Crippen LogP contribution in [0.15, 0.2) is 0 Å². The van der Waals surface area contributed by atoms with Crippen molar-refractivity contribution in [1.82, 2.24) is 0 Å². The molecule has 0 aliphatic rings. The Morgan fingerprint density at radius 1 is 0.762 bits per heavy atom. The zero-order valence-electron chi connectivity index (χ0n) is 14.7. The number of hydrogen-bond donors (Lipinski definition) is 2. The zero-order valence-corrected chi connectivity index (χ0v) is 16.6. The number of phosphoric acid groups is 1. The Balaban J connectivity index is 0. The van der Waals surface area contributed by atoms with E-state index in [-0.39, 0.29) is 6.61 Å². The molecule has 0 saturated carbocycles. The minimum absolute atomic E-state index is 0.115. The minimum atomic E-state index is -4.18. The Hall–Kier alpha value is 0.540. The third-order valence-electron chi connectivity index (χ3n) is 3.58. The first-order valence-corrected chi connectivity index (χ1v) is 12.9. The van der Waals surface area contributed by atoms with Crippen LogP contribution in [0.25, 0.3) is 0 Å². The molecule has 0 aliphatic heterocycles. The predicted octanol–water partition coefficient (Wildman–Crippen LogP) is 4.88. The molecule has 0 bridgehead atoms. The Labute approximate surface area is 132 Å². The fraction of sp³-hybridized carbons (Fsp3) is 1.00. The summed E-state index contributed by atoms with van der Waals surface area (Å²) in [5, 5.41) is 0. The summed E-state index contributed by atoms with van der Waals surface area (Å²) in [5.41, 5.74) is 0. The molecular weight excluding hydrogens is 306 g/mol. The van der Waals surface area contributed by atoms with Gasteiger partial charge in [0.25, 0.3) is 0 Å². The molecule has 0 spiro atoms. The van der Waals surface area contributed by atoms with E-state index in [9.17, 15) is 4.57 Å². The average Bonchev–Trinajstić information content (AvgIpc) is 2.37. The van der Waals surface area contributed by atoms with Crippen molar-refractivity contribution in [3.63, 3.8) is 0 Å². The van der Waals surface area contributed by atoms with E-state index < -0.39 is 15.1 Å². The molecule has 0 aromatic carbocycles. The van der Waals surface area contributed by atoms with Gasteiger partial charge in [-0.25, -0.2) is 4.57 Å². The first-order chi connectivity index (χ1) is 9.80. The summed E-state index contributed by atoms with van der Waals surface area (Å²) >= 11 is 0. The van der Waals surface area contributed by atoms with E-state index in [0.29, 0.717) is 6.42 Å². The molecule has 4 nitrogen and oxygen atoms in total. The summed E-state index contributed by atoms with van der Waals surface area (Å²) in [5.74, 6) is 0. The molecule has 0 rings (SSSR count). The van der Waals surface area contributed by atoms with Crippen LogP contribution in [0.3, 0.4) is 0 Å². The fourth-order valence-electron chi connectivity index (χ4n) is 3.08. The quantitative estimate of drug-likeness (QED) is 0.524. The van der Waals surface area contributed by atoms with Crippen LogP contribution >= 0.6 is 15.1 Å². The molecule has 0 unspecified atom stereocenters. The van der Waals surface area contributed by atoms with E-state index in [1.165, 1.54) is 25.7 Å². The Bertz CT molecular complexity index is 237. The summed E-state index contributed by atoms with van der Waals surface area (Å²) in [4.78, 5) is 16.1. The molecule has 2 N–H and O–H groups in total. The van der Waals surface area contributed by atoms with Gasteiger partial charge in [0.1, 0.15) is 0 Å². The Morgan fingerprint density at radius 2 is 1.10 bits per heavy atom. The van der Waals surface area contributed by atoms with Crippen LogP contribution in [0.1, 0.15) is 66.7 Å². The van der Waals surface area contributed by atoms with E-state index in [4.69, 9.17) is 9.79 Å². The van der Waals surface area contributed by atoms with Crippen molar-refractivity contribution in [3.05, 3.63) is 0 Å². The number of hydrogen-bond acceptors (Lipinski definition) is 2. The molecule has 0 heterocycles. The molecule has 6 heteroatoms. The standard InChI is InChI=1S/C12H29P.C3H9O4P/c1-5-9-13(10-6-2,11-7-3)12-8-4;1-2-3-7-8(4,5)6/h13H,5-12H2,1-4H3;2-3H2,1H3,(H2,4,5,6). The Morgan fingerprint density at radius 3 is 1.24 bits per heavy atom. The summed E-state index contributed by atoms with van der Waals surface area (Å²) in [6, 6.07) is 0. The molecule has 21 heavy (non-hydrogen) atoms. The van der Waals surface area contributed by atoms with Crippen LogP contribution in [0.2, 0.25) is 0 Å². The SMILES string of the molecule is CCCOP(=O)(O)O.CCC[PH](CCC)(CCC)CCC. The molecule has 0 fully saturated rings. The Kier molecular flexibility index (Phi) is 16.0. The molecule has 0 aromatic rings. The van der Waals surface area contributed by atoms with E-state index in [1.54, 1.807) is 31.6 Å². The van der Waals surface area contributed by atoms with E-state index >= 15 is 0 Å². The molecule has 0 amide bonds. The van der Waals surface area contributed by atoms with Crippen molar-refractivity contribution >= 4 is 15.1 Å². The summed E-state index contributed by atoms with van der Waals surface area (Å²) in [7, 11) is -4.98. The van der Waals surface area contributed by atoms with E-state index in [0.717, 1.165) is 0 Å². The summed E-state index contributed by atoms with van der Waals surface area (Å²) in [6.45, 7) is 11.3. The normalized spacial score (nSPS) is 12.7. The molecule has 0 radical (unpaired) electrons. The first kappa shape index (κ1) is 23.8. The maximum atomic E-state index is 9.86. The van der Waals surface area contributed by atoms with Gasteiger partial charge in [0.2, 0.25) is 0 Å². The van der Waals surface area contributed by atoms with Crippen molar-refractivity contribution in [2.75, 3.05) is 31.3 Å². The molecular formula is C15H38O4P2.